The molecule has 44 heavy (non-hydrogen) atoms. The van der Waals surface area contributed by atoms with Gasteiger partial charge in [-0.3, -0.25) is 19.7 Å². The van der Waals surface area contributed by atoms with Crippen LogP contribution in [-0.4, -0.2) is 33.2 Å². The van der Waals surface area contributed by atoms with E-state index < -0.39 is 17.1 Å². The molecule has 0 spiro atoms. The molecule has 2 aromatic heterocycles. The zero-order valence-electron chi connectivity index (χ0n) is 23.5. The van der Waals surface area contributed by atoms with Gasteiger partial charge in [0.1, 0.15) is 22.2 Å². The molecule has 9 nitrogen and oxygen atoms in total. The minimum Gasteiger partial charge on any atom is -0.457 e. The number of rotatable bonds is 10. The lowest BCUT2D eigenvalue weighted by molar-refractivity contribution is -0.115. The van der Waals surface area contributed by atoms with Crippen LogP contribution in [0.15, 0.2) is 110 Å². The van der Waals surface area contributed by atoms with Crippen LogP contribution in [0.25, 0.3) is 17.4 Å². The van der Waals surface area contributed by atoms with E-state index in [4.69, 9.17) is 4.42 Å². The number of furan rings is 1. The number of carbonyl (C=O) groups is 3. The van der Waals surface area contributed by atoms with Gasteiger partial charge in [0.2, 0.25) is 11.0 Å². The molecule has 0 aliphatic rings. The van der Waals surface area contributed by atoms with Crippen LogP contribution in [-0.2, 0) is 9.59 Å². The van der Waals surface area contributed by atoms with Gasteiger partial charge < -0.3 is 15.1 Å². The van der Waals surface area contributed by atoms with Gasteiger partial charge in [-0.25, -0.2) is 0 Å². The molecule has 0 aliphatic heterocycles. The summed E-state index contributed by atoms with van der Waals surface area (Å²) in [6.07, 6.45) is 1.49. The predicted octanol–water partition coefficient (Wildman–Crippen LogP) is 7.40. The number of aryl methyl sites for hydroxylation is 1. The molecule has 5 aromatic rings. The van der Waals surface area contributed by atoms with Gasteiger partial charge in [-0.15, -0.1) is 22.0 Å². The molecule has 222 valence electrons. The van der Waals surface area contributed by atoms with Crippen molar-refractivity contribution in [3.05, 3.63) is 117 Å². The molecular formula is C32H26BrN5O4S2. The maximum Gasteiger partial charge on any atom is 0.272 e. The first-order chi connectivity index (χ1) is 21.2. The Morgan fingerprint density at radius 2 is 1.64 bits per heavy atom. The van der Waals surface area contributed by atoms with Crippen LogP contribution < -0.4 is 16.0 Å². The molecule has 0 aliphatic carbocycles. The lowest BCUT2D eigenvalue weighted by atomic mass is 10.2. The normalized spacial score (nSPS) is 11.9. The summed E-state index contributed by atoms with van der Waals surface area (Å²) in [5.41, 5.74) is 1.79. The van der Waals surface area contributed by atoms with Crippen molar-refractivity contribution < 1.29 is 18.8 Å². The van der Waals surface area contributed by atoms with Crippen molar-refractivity contribution in [1.82, 2.24) is 15.5 Å². The Balaban J connectivity index is 1.29. The molecule has 5 rings (SSSR count). The summed E-state index contributed by atoms with van der Waals surface area (Å²) in [4.78, 5) is 39.8. The number of halogens is 1. The third-order valence-corrected chi connectivity index (χ3v) is 8.52. The van der Waals surface area contributed by atoms with E-state index in [2.05, 4.69) is 42.1 Å². The number of aromatic nitrogens is 2. The van der Waals surface area contributed by atoms with Crippen LogP contribution >= 0.6 is 39.0 Å². The van der Waals surface area contributed by atoms with E-state index in [-0.39, 0.29) is 11.6 Å². The number of hydrogen-bond donors (Lipinski definition) is 3. The van der Waals surface area contributed by atoms with E-state index in [1.165, 1.54) is 29.2 Å². The van der Waals surface area contributed by atoms with E-state index in [1.807, 2.05) is 43.3 Å². The maximum atomic E-state index is 13.4. The molecule has 0 saturated carbocycles. The highest BCUT2D eigenvalue weighted by atomic mass is 79.9. The third kappa shape index (κ3) is 8.31. The van der Waals surface area contributed by atoms with Crippen LogP contribution in [0.2, 0.25) is 0 Å². The van der Waals surface area contributed by atoms with Crippen molar-refractivity contribution in [1.29, 1.82) is 0 Å². The average Bonchev–Trinajstić information content (AvgIpc) is 3.67. The molecule has 0 radical (unpaired) electrons. The molecule has 3 amide bonds. The zero-order chi connectivity index (χ0) is 31.1. The van der Waals surface area contributed by atoms with Crippen molar-refractivity contribution in [3.63, 3.8) is 0 Å². The lowest BCUT2D eigenvalue weighted by Crippen LogP contribution is -2.30. The monoisotopic (exact) mass is 687 g/mol. The van der Waals surface area contributed by atoms with E-state index in [0.717, 1.165) is 19.9 Å². The summed E-state index contributed by atoms with van der Waals surface area (Å²) >= 11 is 6.11. The number of hydrogen-bond acceptors (Lipinski definition) is 8. The highest BCUT2D eigenvalue weighted by Gasteiger charge is 2.18. The summed E-state index contributed by atoms with van der Waals surface area (Å²) in [7, 11) is 0. The third-order valence-electron chi connectivity index (χ3n) is 6.12. The van der Waals surface area contributed by atoms with Crippen LogP contribution in [0.4, 0.5) is 10.8 Å². The van der Waals surface area contributed by atoms with Gasteiger partial charge in [-0.2, -0.15) is 0 Å². The molecule has 0 unspecified atom stereocenters. The molecule has 3 N–H and O–H groups in total. The average molecular weight is 689 g/mol. The van der Waals surface area contributed by atoms with Gasteiger partial charge in [0.05, 0.1) is 5.25 Å². The van der Waals surface area contributed by atoms with Crippen LogP contribution in [0.1, 0.15) is 28.0 Å². The Labute approximate surface area is 270 Å². The second-order valence-corrected chi connectivity index (χ2v) is 13.0. The summed E-state index contributed by atoms with van der Waals surface area (Å²) in [5.74, 6) is -0.143. The molecule has 0 bridgehead atoms. The minimum atomic E-state index is -0.531. The standard InChI is InChI=1S/C32H26BrN5O4S2/c1-19(29(39)36-32-38-37-20(2)44-32)43-26-15-12-24(13-16-26)34-31(41)27(35-30(40)22-6-4-3-5-7-22)18-25-14-17-28(42-25)21-8-10-23(33)11-9-21/h3-19H,1-2H3,(H,34,41)(H,35,40)(H,36,38,39)/b27-18-/t19-/m1/s1. The number of nitrogens with one attached hydrogen (secondary N) is 3. The minimum absolute atomic E-state index is 0.00576. The van der Waals surface area contributed by atoms with Crippen LogP contribution in [0, 0.1) is 6.92 Å². The van der Waals surface area contributed by atoms with Gasteiger partial charge in [0.25, 0.3) is 11.8 Å². The van der Waals surface area contributed by atoms with Crippen molar-refractivity contribution in [2.24, 2.45) is 0 Å². The van der Waals surface area contributed by atoms with Crippen molar-refractivity contribution in [3.8, 4) is 11.3 Å². The molecule has 3 aromatic carbocycles. The van der Waals surface area contributed by atoms with E-state index >= 15 is 0 Å². The van der Waals surface area contributed by atoms with Gasteiger partial charge in [-0.05, 0) is 74.5 Å². The second kappa shape index (κ2) is 14.3. The highest BCUT2D eigenvalue weighted by molar-refractivity contribution is 9.10. The summed E-state index contributed by atoms with van der Waals surface area (Å²) in [6, 6.07) is 26.9. The van der Waals surface area contributed by atoms with E-state index in [0.29, 0.717) is 27.9 Å². The van der Waals surface area contributed by atoms with E-state index in [9.17, 15) is 14.4 Å². The number of thioether (sulfide) groups is 1. The Morgan fingerprint density at radius 1 is 0.909 bits per heavy atom. The largest absolute Gasteiger partial charge is 0.457 e. The van der Waals surface area contributed by atoms with Gasteiger partial charge >= 0.3 is 0 Å². The number of benzene rings is 3. The Bertz CT molecular complexity index is 1800. The molecule has 0 fully saturated rings. The highest BCUT2D eigenvalue weighted by Crippen LogP contribution is 2.27. The van der Waals surface area contributed by atoms with Crippen molar-refractivity contribution in [2.75, 3.05) is 10.6 Å². The quantitative estimate of drug-likeness (QED) is 0.103. The van der Waals surface area contributed by atoms with Crippen LogP contribution in [0.3, 0.4) is 0 Å². The molecule has 12 heteroatoms. The Hall–Kier alpha value is -4.52. The van der Waals surface area contributed by atoms with Crippen molar-refractivity contribution >= 4 is 73.6 Å². The SMILES string of the molecule is Cc1nnc(NC(=O)[C@@H](C)Sc2ccc(NC(=O)/C(=C/c3ccc(-c4ccc(Br)cc4)o3)NC(=O)c3ccccc3)cc2)s1. The summed E-state index contributed by atoms with van der Waals surface area (Å²) in [5, 5.41) is 17.0. The van der Waals surface area contributed by atoms with E-state index in [1.54, 1.807) is 61.5 Å². The lowest BCUT2D eigenvalue weighted by Gasteiger charge is -2.12. The fourth-order valence-electron chi connectivity index (χ4n) is 3.91. The molecule has 1 atom stereocenters. The van der Waals surface area contributed by atoms with Gasteiger partial charge in [0.15, 0.2) is 0 Å². The van der Waals surface area contributed by atoms with Crippen LogP contribution in [0.5, 0.6) is 0 Å². The first-order valence-electron chi connectivity index (χ1n) is 13.4. The fraction of sp³-hybridized carbons (Fsp3) is 0.0938. The number of nitrogens with zero attached hydrogens (tertiary/aromatic N) is 2. The molecule has 0 saturated heterocycles. The van der Waals surface area contributed by atoms with Crippen molar-refractivity contribution in [2.45, 2.75) is 24.0 Å². The smallest absolute Gasteiger partial charge is 0.272 e. The Morgan fingerprint density at radius 3 is 2.32 bits per heavy atom. The number of amides is 3. The Kier molecular flexibility index (Phi) is 10.1. The number of anilines is 2. The maximum absolute atomic E-state index is 13.4. The fourth-order valence-corrected chi connectivity index (χ4v) is 5.64. The van der Waals surface area contributed by atoms with Gasteiger partial charge in [0, 0.05) is 32.3 Å². The first-order valence-corrected chi connectivity index (χ1v) is 15.9. The number of carbonyl (C=O) groups excluding carboxylic acids is 3. The molecule has 2 heterocycles. The molecular weight excluding hydrogens is 662 g/mol. The first kappa shape index (κ1) is 30.9. The van der Waals surface area contributed by atoms with Gasteiger partial charge in [-0.1, -0.05) is 57.6 Å². The topological polar surface area (TPSA) is 126 Å². The predicted molar refractivity (Wildman–Crippen MR) is 177 cm³/mol. The summed E-state index contributed by atoms with van der Waals surface area (Å²) < 4.78 is 6.92. The zero-order valence-corrected chi connectivity index (χ0v) is 26.8. The second-order valence-electron chi connectivity index (χ2n) is 9.44. The summed E-state index contributed by atoms with van der Waals surface area (Å²) in [6.45, 7) is 3.62.